The molecule has 0 fully saturated rings. The van der Waals surface area contributed by atoms with E-state index in [4.69, 9.17) is 4.74 Å². The highest BCUT2D eigenvalue weighted by Crippen LogP contribution is 2.32. The van der Waals surface area contributed by atoms with Crippen molar-refractivity contribution in [2.45, 2.75) is 0 Å². The Morgan fingerprint density at radius 2 is 1.38 bits per heavy atom. The number of ether oxygens (including phenoxy) is 1. The summed E-state index contributed by atoms with van der Waals surface area (Å²) in [5.74, 6) is -3.26. The fourth-order valence-corrected chi connectivity index (χ4v) is 3.15. The van der Waals surface area contributed by atoms with E-state index >= 15 is 0 Å². The van der Waals surface area contributed by atoms with E-state index < -0.39 is 23.7 Å². The standard InChI is InChI=1S/C20H10O6/c21-17(11-4-1-2-5-13(11)18(22)23)12-8-9-15-16-10(12)6-3-7-14(16)19(24)26-20(15)25/h1-9H,(H,22,23). The number of carboxylic acids is 1. The number of rotatable bonds is 3. The van der Waals surface area contributed by atoms with Crippen LogP contribution in [0.15, 0.2) is 54.6 Å². The normalized spacial score (nSPS) is 12.8. The molecule has 1 aliphatic heterocycles. The molecule has 6 heteroatoms. The molecule has 126 valence electrons. The highest BCUT2D eigenvalue weighted by atomic mass is 16.6. The highest BCUT2D eigenvalue weighted by molar-refractivity contribution is 6.26. The number of carbonyl (C=O) groups excluding carboxylic acids is 3. The van der Waals surface area contributed by atoms with Crippen molar-refractivity contribution < 1.29 is 29.0 Å². The quantitative estimate of drug-likeness (QED) is 0.445. The molecule has 0 bridgehead atoms. The Labute approximate surface area is 146 Å². The summed E-state index contributed by atoms with van der Waals surface area (Å²) in [7, 11) is 0. The van der Waals surface area contributed by atoms with Crippen molar-refractivity contribution in [3.63, 3.8) is 0 Å². The largest absolute Gasteiger partial charge is 0.478 e. The number of hydrogen-bond acceptors (Lipinski definition) is 5. The summed E-state index contributed by atoms with van der Waals surface area (Å²) in [5, 5.41) is 10.1. The summed E-state index contributed by atoms with van der Waals surface area (Å²) in [4.78, 5) is 48.4. The van der Waals surface area contributed by atoms with Crippen LogP contribution in [0.25, 0.3) is 10.8 Å². The minimum atomic E-state index is -1.21. The zero-order valence-electron chi connectivity index (χ0n) is 13.2. The van der Waals surface area contributed by atoms with Gasteiger partial charge in [0.15, 0.2) is 5.78 Å². The minimum Gasteiger partial charge on any atom is -0.478 e. The molecule has 0 radical (unpaired) electrons. The maximum atomic E-state index is 13.0. The van der Waals surface area contributed by atoms with Gasteiger partial charge in [0, 0.05) is 16.5 Å². The number of esters is 2. The molecular weight excluding hydrogens is 336 g/mol. The number of hydrogen-bond donors (Lipinski definition) is 1. The Kier molecular flexibility index (Phi) is 3.40. The third kappa shape index (κ3) is 2.20. The topological polar surface area (TPSA) is 97.7 Å². The third-order valence-corrected chi connectivity index (χ3v) is 4.31. The first kappa shape index (κ1) is 15.7. The number of carbonyl (C=O) groups is 4. The van der Waals surface area contributed by atoms with Crippen LogP contribution in [0.1, 0.15) is 47.0 Å². The smallest absolute Gasteiger partial charge is 0.346 e. The molecule has 0 aromatic heterocycles. The van der Waals surface area contributed by atoms with Crippen LogP contribution in [-0.2, 0) is 4.74 Å². The van der Waals surface area contributed by atoms with Crippen LogP contribution in [0.5, 0.6) is 0 Å². The van der Waals surface area contributed by atoms with E-state index in [1.165, 1.54) is 36.4 Å². The molecule has 1 aliphatic rings. The molecule has 0 atom stereocenters. The van der Waals surface area contributed by atoms with Gasteiger partial charge in [0.05, 0.1) is 16.7 Å². The summed E-state index contributed by atoms with van der Waals surface area (Å²) in [6.07, 6.45) is 0. The summed E-state index contributed by atoms with van der Waals surface area (Å²) < 4.78 is 4.70. The molecule has 0 saturated heterocycles. The van der Waals surface area contributed by atoms with E-state index in [0.717, 1.165) is 0 Å². The van der Waals surface area contributed by atoms with Gasteiger partial charge in [-0.1, -0.05) is 30.3 Å². The van der Waals surface area contributed by atoms with Crippen molar-refractivity contribution in [3.8, 4) is 0 Å². The average molecular weight is 346 g/mol. The first-order valence-corrected chi connectivity index (χ1v) is 7.68. The van der Waals surface area contributed by atoms with Gasteiger partial charge in [0.2, 0.25) is 0 Å². The van der Waals surface area contributed by atoms with Gasteiger partial charge in [-0.15, -0.1) is 0 Å². The number of ketones is 1. The summed E-state index contributed by atoms with van der Waals surface area (Å²) >= 11 is 0. The molecule has 6 nitrogen and oxygen atoms in total. The monoisotopic (exact) mass is 346 g/mol. The van der Waals surface area contributed by atoms with Crippen LogP contribution in [0, 0.1) is 0 Å². The van der Waals surface area contributed by atoms with Gasteiger partial charge in [-0.3, -0.25) is 4.79 Å². The number of cyclic esters (lactones) is 2. The van der Waals surface area contributed by atoms with E-state index in [-0.39, 0.29) is 27.8 Å². The first-order chi connectivity index (χ1) is 12.5. The lowest BCUT2D eigenvalue weighted by Crippen LogP contribution is -2.20. The molecule has 0 saturated carbocycles. The minimum absolute atomic E-state index is 0.0328. The predicted octanol–water partition coefficient (Wildman–Crippen LogP) is 3.08. The van der Waals surface area contributed by atoms with E-state index in [9.17, 15) is 24.3 Å². The third-order valence-electron chi connectivity index (χ3n) is 4.31. The van der Waals surface area contributed by atoms with Gasteiger partial charge in [-0.05, 0) is 29.7 Å². The summed E-state index contributed by atoms with van der Waals surface area (Å²) in [6, 6.07) is 13.5. The number of carboxylic acid groups (broad SMARTS) is 1. The van der Waals surface area contributed by atoms with Gasteiger partial charge in [0.1, 0.15) is 0 Å². The van der Waals surface area contributed by atoms with Crippen LogP contribution in [-0.4, -0.2) is 28.8 Å². The molecule has 3 aromatic carbocycles. The lowest BCUT2D eigenvalue weighted by atomic mass is 9.89. The van der Waals surface area contributed by atoms with Crippen molar-refractivity contribution in [2.24, 2.45) is 0 Å². The molecule has 26 heavy (non-hydrogen) atoms. The van der Waals surface area contributed by atoms with Crippen molar-refractivity contribution in [2.75, 3.05) is 0 Å². The zero-order chi connectivity index (χ0) is 18.4. The van der Waals surface area contributed by atoms with E-state index in [0.29, 0.717) is 10.8 Å². The lowest BCUT2D eigenvalue weighted by Gasteiger charge is -2.17. The predicted molar refractivity (Wildman–Crippen MR) is 90.5 cm³/mol. The van der Waals surface area contributed by atoms with Gasteiger partial charge in [-0.25, -0.2) is 14.4 Å². The van der Waals surface area contributed by atoms with Crippen LogP contribution in [0.3, 0.4) is 0 Å². The SMILES string of the molecule is O=C(O)c1ccccc1C(=O)c1ccc2c3c(cccc13)C(=O)OC2=O. The maximum absolute atomic E-state index is 13.0. The van der Waals surface area contributed by atoms with Gasteiger partial charge < -0.3 is 9.84 Å². The average Bonchev–Trinajstić information content (AvgIpc) is 2.65. The lowest BCUT2D eigenvalue weighted by molar-refractivity contribution is 0.0390. The van der Waals surface area contributed by atoms with Gasteiger partial charge in [0.25, 0.3) is 0 Å². The summed E-state index contributed by atoms with van der Waals surface area (Å²) in [6.45, 7) is 0. The second-order valence-corrected chi connectivity index (χ2v) is 5.75. The van der Waals surface area contributed by atoms with E-state index in [2.05, 4.69) is 0 Å². The van der Waals surface area contributed by atoms with Crippen molar-refractivity contribution in [1.29, 1.82) is 0 Å². The zero-order valence-corrected chi connectivity index (χ0v) is 13.2. The van der Waals surface area contributed by atoms with Crippen molar-refractivity contribution >= 4 is 34.5 Å². The molecule has 3 aromatic rings. The van der Waals surface area contributed by atoms with Crippen LogP contribution in [0.2, 0.25) is 0 Å². The summed E-state index contributed by atoms with van der Waals surface area (Å²) in [5.41, 5.74) is 0.511. The highest BCUT2D eigenvalue weighted by Gasteiger charge is 2.29. The Balaban J connectivity index is 2.00. The van der Waals surface area contributed by atoms with E-state index in [1.807, 2.05) is 0 Å². The molecule has 0 amide bonds. The Morgan fingerprint density at radius 1 is 0.731 bits per heavy atom. The van der Waals surface area contributed by atoms with Gasteiger partial charge >= 0.3 is 17.9 Å². The van der Waals surface area contributed by atoms with Crippen molar-refractivity contribution in [1.82, 2.24) is 0 Å². The molecular formula is C20H10O6. The number of benzene rings is 3. The molecule has 1 N–H and O–H groups in total. The number of aromatic carboxylic acids is 1. The van der Waals surface area contributed by atoms with Crippen LogP contribution in [0.4, 0.5) is 0 Å². The van der Waals surface area contributed by atoms with Gasteiger partial charge in [-0.2, -0.15) is 0 Å². The molecule has 1 heterocycles. The van der Waals surface area contributed by atoms with Crippen molar-refractivity contribution in [3.05, 3.63) is 82.4 Å². The maximum Gasteiger partial charge on any atom is 0.346 e. The molecule has 0 aliphatic carbocycles. The Bertz CT molecular complexity index is 1120. The van der Waals surface area contributed by atoms with Crippen LogP contribution >= 0.6 is 0 Å². The van der Waals surface area contributed by atoms with E-state index in [1.54, 1.807) is 18.2 Å². The second-order valence-electron chi connectivity index (χ2n) is 5.75. The Hall–Kier alpha value is -3.80. The van der Waals surface area contributed by atoms with Crippen LogP contribution < -0.4 is 0 Å². The second kappa shape index (κ2) is 5.63. The fraction of sp³-hybridized carbons (Fsp3) is 0. The molecule has 4 rings (SSSR count). The molecule has 0 spiro atoms. The molecule has 0 unspecified atom stereocenters. The fourth-order valence-electron chi connectivity index (χ4n) is 3.15. The first-order valence-electron chi connectivity index (χ1n) is 7.68. The Morgan fingerprint density at radius 3 is 2.08 bits per heavy atom.